The minimum absolute atomic E-state index is 0.0724. The van der Waals surface area contributed by atoms with E-state index in [-0.39, 0.29) is 36.5 Å². The van der Waals surface area contributed by atoms with Crippen LogP contribution in [0.25, 0.3) is 0 Å². The number of rotatable bonds is 4. The summed E-state index contributed by atoms with van der Waals surface area (Å²) >= 11 is 0. The summed E-state index contributed by atoms with van der Waals surface area (Å²) in [5.74, 6) is -0.900. The van der Waals surface area contributed by atoms with Gasteiger partial charge in [0.2, 0.25) is 11.8 Å². The van der Waals surface area contributed by atoms with Gasteiger partial charge in [0, 0.05) is 25.2 Å². The molecule has 6 nitrogen and oxygen atoms in total. The monoisotopic (exact) mass is 316 g/mol. The average molecular weight is 316 g/mol. The van der Waals surface area contributed by atoms with Crippen LogP contribution in [-0.4, -0.2) is 40.4 Å². The van der Waals surface area contributed by atoms with E-state index in [0.29, 0.717) is 0 Å². The fourth-order valence-corrected chi connectivity index (χ4v) is 2.44. The maximum atomic E-state index is 12.3. The molecular weight excluding hydrogens is 301 g/mol. The highest BCUT2D eigenvalue weighted by Crippen LogP contribution is 2.27. The average Bonchev–Trinajstić information content (AvgIpc) is 2.94. The zero-order valence-electron chi connectivity index (χ0n) is 11.6. The largest absolute Gasteiger partial charge is 0.408 e. The zero-order valence-corrected chi connectivity index (χ0v) is 11.6. The maximum Gasteiger partial charge on any atom is 0.408 e. The molecule has 0 radical (unpaired) electrons. The number of halogens is 3. The summed E-state index contributed by atoms with van der Waals surface area (Å²) in [4.78, 5) is 25.2. The standard InChI is InChI=1S/C13H15F3N4O2/c14-13(15,16)7-19-6-10(4-17-19)20-5-8(3-11(20)21)12(22)18-9-1-2-9/h4,6,8-9H,1-3,5,7H2,(H,18,22). The number of anilines is 1. The molecule has 0 bridgehead atoms. The van der Waals surface area contributed by atoms with Gasteiger partial charge in [-0.05, 0) is 12.8 Å². The quantitative estimate of drug-likeness (QED) is 0.904. The van der Waals surface area contributed by atoms with Crippen molar-refractivity contribution in [1.29, 1.82) is 0 Å². The third-order valence-corrected chi connectivity index (χ3v) is 3.69. The molecule has 0 aromatic carbocycles. The summed E-state index contributed by atoms with van der Waals surface area (Å²) in [5, 5.41) is 6.45. The van der Waals surface area contributed by atoms with Gasteiger partial charge in [0.1, 0.15) is 6.54 Å². The number of nitrogens with zero attached hydrogens (tertiary/aromatic N) is 3. The number of amides is 2. The van der Waals surface area contributed by atoms with Gasteiger partial charge < -0.3 is 10.2 Å². The Morgan fingerprint density at radius 2 is 2.14 bits per heavy atom. The molecule has 1 atom stereocenters. The molecule has 2 aliphatic rings. The van der Waals surface area contributed by atoms with E-state index in [0.717, 1.165) is 17.5 Å². The molecule has 1 N–H and O–H groups in total. The highest BCUT2D eigenvalue weighted by atomic mass is 19.4. The summed E-state index contributed by atoms with van der Waals surface area (Å²) in [6.45, 7) is -1.03. The summed E-state index contributed by atoms with van der Waals surface area (Å²) in [6, 6.07) is 0.214. The number of carbonyl (C=O) groups is 2. The normalized spacial score (nSPS) is 22.2. The lowest BCUT2D eigenvalue weighted by Gasteiger charge is -2.14. The van der Waals surface area contributed by atoms with Gasteiger partial charge >= 0.3 is 6.18 Å². The van der Waals surface area contributed by atoms with Crippen LogP contribution < -0.4 is 10.2 Å². The number of alkyl halides is 3. The Hall–Kier alpha value is -2.06. The maximum absolute atomic E-state index is 12.3. The second kappa shape index (κ2) is 5.29. The van der Waals surface area contributed by atoms with Crippen LogP contribution in [0.1, 0.15) is 19.3 Å². The van der Waals surface area contributed by atoms with Gasteiger partial charge in [0.15, 0.2) is 0 Å². The molecule has 1 aliphatic heterocycles. The fraction of sp³-hybridized carbons (Fsp3) is 0.615. The van der Waals surface area contributed by atoms with Crippen LogP contribution in [-0.2, 0) is 16.1 Å². The van der Waals surface area contributed by atoms with E-state index >= 15 is 0 Å². The third-order valence-electron chi connectivity index (χ3n) is 3.69. The van der Waals surface area contributed by atoms with Crippen LogP contribution in [0.15, 0.2) is 12.4 Å². The molecule has 1 saturated heterocycles. The predicted octanol–water partition coefficient (Wildman–Crippen LogP) is 1.08. The first-order valence-electron chi connectivity index (χ1n) is 7.02. The Kier molecular flexibility index (Phi) is 3.57. The van der Waals surface area contributed by atoms with Crippen molar-refractivity contribution in [2.45, 2.75) is 38.0 Å². The smallest absolute Gasteiger partial charge is 0.353 e. The molecule has 1 saturated carbocycles. The zero-order chi connectivity index (χ0) is 15.9. The van der Waals surface area contributed by atoms with E-state index in [1.54, 1.807) is 0 Å². The first-order chi connectivity index (χ1) is 10.3. The van der Waals surface area contributed by atoms with Crippen molar-refractivity contribution in [3.05, 3.63) is 12.4 Å². The van der Waals surface area contributed by atoms with E-state index < -0.39 is 18.6 Å². The Morgan fingerprint density at radius 1 is 1.41 bits per heavy atom. The molecule has 3 rings (SSSR count). The number of hydrogen-bond donors (Lipinski definition) is 1. The molecule has 1 aromatic heterocycles. The molecule has 9 heteroatoms. The van der Waals surface area contributed by atoms with Gasteiger partial charge in [-0.25, -0.2) is 0 Å². The van der Waals surface area contributed by atoms with Crippen molar-refractivity contribution < 1.29 is 22.8 Å². The first-order valence-corrected chi connectivity index (χ1v) is 7.02. The van der Waals surface area contributed by atoms with Crippen LogP contribution in [0.4, 0.5) is 18.9 Å². The van der Waals surface area contributed by atoms with E-state index in [4.69, 9.17) is 0 Å². The van der Waals surface area contributed by atoms with Crippen LogP contribution >= 0.6 is 0 Å². The van der Waals surface area contributed by atoms with Crippen molar-refractivity contribution in [1.82, 2.24) is 15.1 Å². The summed E-state index contributed by atoms with van der Waals surface area (Å²) in [7, 11) is 0. The lowest BCUT2D eigenvalue weighted by molar-refractivity contribution is -0.142. The number of nitrogens with one attached hydrogen (secondary N) is 1. The third kappa shape index (κ3) is 3.40. The Morgan fingerprint density at radius 3 is 2.77 bits per heavy atom. The molecule has 1 unspecified atom stereocenters. The second-order valence-electron chi connectivity index (χ2n) is 5.70. The van der Waals surface area contributed by atoms with E-state index in [2.05, 4.69) is 10.4 Å². The molecule has 2 fully saturated rings. The molecule has 1 aliphatic carbocycles. The topological polar surface area (TPSA) is 67.2 Å². The number of carbonyl (C=O) groups excluding carboxylic acids is 2. The van der Waals surface area contributed by atoms with Crippen LogP contribution in [0.5, 0.6) is 0 Å². The summed E-state index contributed by atoms with van der Waals surface area (Å²) in [6.07, 6.45) is 0.00600. The van der Waals surface area contributed by atoms with Gasteiger partial charge in [-0.15, -0.1) is 0 Å². The predicted molar refractivity (Wildman–Crippen MR) is 69.9 cm³/mol. The van der Waals surface area contributed by atoms with Crippen molar-refractivity contribution in [2.75, 3.05) is 11.4 Å². The molecule has 22 heavy (non-hydrogen) atoms. The fourth-order valence-electron chi connectivity index (χ4n) is 2.44. The van der Waals surface area contributed by atoms with Crippen molar-refractivity contribution in [3.63, 3.8) is 0 Å². The van der Waals surface area contributed by atoms with E-state index in [1.807, 2.05) is 0 Å². The van der Waals surface area contributed by atoms with Crippen LogP contribution in [0.3, 0.4) is 0 Å². The lowest BCUT2D eigenvalue weighted by atomic mass is 10.1. The van der Waals surface area contributed by atoms with Crippen LogP contribution in [0.2, 0.25) is 0 Å². The Balaban J connectivity index is 1.64. The van der Waals surface area contributed by atoms with Gasteiger partial charge in [-0.3, -0.25) is 14.3 Å². The van der Waals surface area contributed by atoms with Crippen molar-refractivity contribution >= 4 is 17.5 Å². The summed E-state index contributed by atoms with van der Waals surface area (Å²) < 4.78 is 37.7. The molecule has 0 spiro atoms. The molecule has 120 valence electrons. The second-order valence-corrected chi connectivity index (χ2v) is 5.70. The van der Waals surface area contributed by atoms with Gasteiger partial charge in [-0.2, -0.15) is 18.3 Å². The molecule has 1 aromatic rings. The van der Waals surface area contributed by atoms with Crippen molar-refractivity contribution in [3.8, 4) is 0 Å². The first kappa shape index (κ1) is 14.9. The van der Waals surface area contributed by atoms with Crippen molar-refractivity contribution in [2.24, 2.45) is 5.92 Å². The SMILES string of the molecule is O=C(NC1CC1)C1CC(=O)N(c2cnn(CC(F)(F)F)c2)C1. The molecule has 2 heterocycles. The minimum Gasteiger partial charge on any atom is -0.353 e. The number of aromatic nitrogens is 2. The highest BCUT2D eigenvalue weighted by Gasteiger charge is 2.38. The van der Waals surface area contributed by atoms with E-state index in [1.165, 1.54) is 17.3 Å². The lowest BCUT2D eigenvalue weighted by Crippen LogP contribution is -2.34. The summed E-state index contributed by atoms with van der Waals surface area (Å²) in [5.41, 5.74) is 0.288. The Bertz CT molecular complexity index is 594. The van der Waals surface area contributed by atoms with Crippen LogP contribution in [0, 0.1) is 5.92 Å². The minimum atomic E-state index is -4.37. The van der Waals surface area contributed by atoms with Gasteiger partial charge in [-0.1, -0.05) is 0 Å². The highest BCUT2D eigenvalue weighted by molar-refractivity contribution is 6.00. The Labute approximate surface area is 124 Å². The van der Waals surface area contributed by atoms with E-state index in [9.17, 15) is 22.8 Å². The molecular formula is C13H15F3N4O2. The molecule has 2 amide bonds. The van der Waals surface area contributed by atoms with Gasteiger partial charge in [0.25, 0.3) is 0 Å². The van der Waals surface area contributed by atoms with Gasteiger partial charge in [0.05, 0.1) is 17.8 Å². The number of hydrogen-bond acceptors (Lipinski definition) is 3.